The van der Waals surface area contributed by atoms with Crippen LogP contribution in [0.25, 0.3) is 11.1 Å². The van der Waals surface area contributed by atoms with Gasteiger partial charge in [0.1, 0.15) is 5.82 Å². The molecule has 0 spiro atoms. The first kappa shape index (κ1) is 13.2. The van der Waals surface area contributed by atoms with E-state index in [1.54, 1.807) is 0 Å². The van der Waals surface area contributed by atoms with Gasteiger partial charge in [-0.1, -0.05) is 30.3 Å². The summed E-state index contributed by atoms with van der Waals surface area (Å²) in [7, 11) is 0. The first-order valence-corrected chi connectivity index (χ1v) is 7.17. The standard InChI is InChI=1S/C16H20N4/c1-13(20-9-7-17-8-10-20)16-18-11-15(12-19-16)14-5-3-2-4-6-14/h2-6,11-13,17H,7-10H2,1H3. The van der Waals surface area contributed by atoms with Crippen LogP contribution in [-0.2, 0) is 0 Å². The van der Waals surface area contributed by atoms with Gasteiger partial charge in [0.2, 0.25) is 0 Å². The molecule has 1 fully saturated rings. The topological polar surface area (TPSA) is 41.1 Å². The van der Waals surface area contributed by atoms with Gasteiger partial charge in [0.15, 0.2) is 0 Å². The minimum atomic E-state index is 0.280. The van der Waals surface area contributed by atoms with E-state index < -0.39 is 0 Å². The van der Waals surface area contributed by atoms with Crippen molar-refractivity contribution in [3.63, 3.8) is 0 Å². The molecule has 1 atom stereocenters. The van der Waals surface area contributed by atoms with E-state index in [1.165, 1.54) is 0 Å². The highest BCUT2D eigenvalue weighted by molar-refractivity contribution is 5.60. The molecule has 4 heteroatoms. The molecule has 4 nitrogen and oxygen atoms in total. The number of benzene rings is 1. The van der Waals surface area contributed by atoms with Crippen LogP contribution in [0.2, 0.25) is 0 Å². The van der Waals surface area contributed by atoms with Crippen molar-refractivity contribution in [3.8, 4) is 11.1 Å². The van der Waals surface area contributed by atoms with Gasteiger partial charge in [-0.25, -0.2) is 9.97 Å². The molecule has 1 unspecified atom stereocenters. The molecule has 0 aliphatic carbocycles. The van der Waals surface area contributed by atoms with Gasteiger partial charge in [0, 0.05) is 44.1 Å². The second-order valence-corrected chi connectivity index (χ2v) is 5.16. The van der Waals surface area contributed by atoms with Gasteiger partial charge < -0.3 is 5.32 Å². The van der Waals surface area contributed by atoms with Crippen molar-refractivity contribution in [1.29, 1.82) is 0 Å². The average Bonchev–Trinajstić information content (AvgIpc) is 2.56. The quantitative estimate of drug-likeness (QED) is 0.925. The molecule has 1 N–H and O–H groups in total. The number of hydrogen-bond donors (Lipinski definition) is 1. The molecule has 1 saturated heterocycles. The van der Waals surface area contributed by atoms with Crippen LogP contribution in [0.5, 0.6) is 0 Å². The maximum atomic E-state index is 4.56. The van der Waals surface area contributed by atoms with E-state index >= 15 is 0 Å². The lowest BCUT2D eigenvalue weighted by Gasteiger charge is -2.31. The van der Waals surface area contributed by atoms with Gasteiger partial charge in [-0.15, -0.1) is 0 Å². The van der Waals surface area contributed by atoms with E-state index in [-0.39, 0.29) is 6.04 Å². The number of hydrogen-bond acceptors (Lipinski definition) is 4. The van der Waals surface area contributed by atoms with Gasteiger partial charge in [0.05, 0.1) is 6.04 Å². The van der Waals surface area contributed by atoms with Crippen molar-refractivity contribution < 1.29 is 0 Å². The first-order chi connectivity index (χ1) is 9.84. The Morgan fingerprint density at radius 1 is 1.00 bits per heavy atom. The van der Waals surface area contributed by atoms with Crippen molar-refractivity contribution >= 4 is 0 Å². The summed E-state index contributed by atoms with van der Waals surface area (Å²) in [4.78, 5) is 11.5. The van der Waals surface area contributed by atoms with Crippen LogP contribution in [-0.4, -0.2) is 41.0 Å². The summed E-state index contributed by atoms with van der Waals surface area (Å²) in [6, 6.07) is 10.5. The Morgan fingerprint density at radius 2 is 1.65 bits per heavy atom. The number of nitrogens with one attached hydrogen (secondary N) is 1. The Morgan fingerprint density at radius 3 is 2.30 bits per heavy atom. The van der Waals surface area contributed by atoms with Crippen LogP contribution in [0.1, 0.15) is 18.8 Å². The van der Waals surface area contributed by atoms with E-state index in [0.717, 1.165) is 43.1 Å². The summed E-state index contributed by atoms with van der Waals surface area (Å²) >= 11 is 0. The van der Waals surface area contributed by atoms with Crippen LogP contribution in [0.15, 0.2) is 42.7 Å². The van der Waals surface area contributed by atoms with Crippen molar-refractivity contribution in [2.75, 3.05) is 26.2 Å². The molecular formula is C16H20N4. The van der Waals surface area contributed by atoms with Gasteiger partial charge in [-0.3, -0.25) is 4.90 Å². The average molecular weight is 268 g/mol. The predicted molar refractivity (Wildman–Crippen MR) is 80.3 cm³/mol. The molecule has 20 heavy (non-hydrogen) atoms. The number of aromatic nitrogens is 2. The van der Waals surface area contributed by atoms with Crippen molar-refractivity contribution in [2.24, 2.45) is 0 Å². The first-order valence-electron chi connectivity index (χ1n) is 7.17. The Bertz CT molecular complexity index is 532. The van der Waals surface area contributed by atoms with E-state index in [1.807, 2.05) is 30.6 Å². The van der Waals surface area contributed by atoms with Crippen LogP contribution >= 0.6 is 0 Å². The Labute approximate surface area is 119 Å². The van der Waals surface area contributed by atoms with Crippen LogP contribution in [0, 0.1) is 0 Å². The highest BCUT2D eigenvalue weighted by Crippen LogP contribution is 2.20. The largest absolute Gasteiger partial charge is 0.314 e. The highest BCUT2D eigenvalue weighted by atomic mass is 15.2. The summed E-state index contributed by atoms with van der Waals surface area (Å²) in [5, 5.41) is 3.37. The predicted octanol–water partition coefficient (Wildman–Crippen LogP) is 2.11. The normalized spacial score (nSPS) is 17.9. The molecule has 0 radical (unpaired) electrons. The van der Waals surface area contributed by atoms with E-state index in [9.17, 15) is 0 Å². The van der Waals surface area contributed by atoms with Crippen molar-refractivity contribution in [1.82, 2.24) is 20.2 Å². The highest BCUT2D eigenvalue weighted by Gasteiger charge is 2.19. The molecule has 1 aromatic carbocycles. The maximum Gasteiger partial charge on any atom is 0.145 e. The molecule has 1 aromatic heterocycles. The van der Waals surface area contributed by atoms with Gasteiger partial charge >= 0.3 is 0 Å². The van der Waals surface area contributed by atoms with E-state index in [2.05, 4.69) is 39.2 Å². The fourth-order valence-corrected chi connectivity index (χ4v) is 2.57. The molecule has 1 aliphatic rings. The SMILES string of the molecule is CC(c1ncc(-c2ccccc2)cn1)N1CCNCC1. The third-order valence-electron chi connectivity index (χ3n) is 3.85. The molecule has 1 aliphatic heterocycles. The summed E-state index contributed by atoms with van der Waals surface area (Å²) in [6.07, 6.45) is 3.85. The number of piperazine rings is 1. The van der Waals surface area contributed by atoms with Gasteiger partial charge in [-0.05, 0) is 12.5 Å². The summed E-state index contributed by atoms with van der Waals surface area (Å²) in [5.74, 6) is 0.909. The third kappa shape index (κ3) is 2.86. The Hall–Kier alpha value is -1.78. The van der Waals surface area contributed by atoms with E-state index in [0.29, 0.717) is 0 Å². The molecule has 104 valence electrons. The van der Waals surface area contributed by atoms with Crippen LogP contribution in [0.3, 0.4) is 0 Å². The zero-order chi connectivity index (χ0) is 13.8. The lowest BCUT2D eigenvalue weighted by Crippen LogP contribution is -2.44. The smallest absolute Gasteiger partial charge is 0.145 e. The lowest BCUT2D eigenvalue weighted by atomic mass is 10.1. The Balaban J connectivity index is 1.75. The minimum absolute atomic E-state index is 0.280. The molecule has 0 amide bonds. The van der Waals surface area contributed by atoms with Crippen molar-refractivity contribution in [2.45, 2.75) is 13.0 Å². The van der Waals surface area contributed by atoms with E-state index in [4.69, 9.17) is 0 Å². The van der Waals surface area contributed by atoms with Crippen LogP contribution in [0.4, 0.5) is 0 Å². The number of nitrogens with zero attached hydrogens (tertiary/aromatic N) is 3. The van der Waals surface area contributed by atoms with Gasteiger partial charge in [0.25, 0.3) is 0 Å². The zero-order valence-electron chi connectivity index (χ0n) is 11.8. The van der Waals surface area contributed by atoms with Gasteiger partial charge in [-0.2, -0.15) is 0 Å². The molecule has 0 bridgehead atoms. The third-order valence-corrected chi connectivity index (χ3v) is 3.85. The molecule has 2 aromatic rings. The molecule has 3 rings (SSSR count). The number of rotatable bonds is 3. The second kappa shape index (κ2) is 6.11. The Kier molecular flexibility index (Phi) is 4.04. The second-order valence-electron chi connectivity index (χ2n) is 5.16. The summed E-state index contributed by atoms with van der Waals surface area (Å²) in [6.45, 7) is 6.40. The molecule has 2 heterocycles. The summed E-state index contributed by atoms with van der Waals surface area (Å²) in [5.41, 5.74) is 2.23. The maximum absolute atomic E-state index is 4.56. The monoisotopic (exact) mass is 268 g/mol. The summed E-state index contributed by atoms with van der Waals surface area (Å²) < 4.78 is 0. The molecular weight excluding hydrogens is 248 g/mol. The zero-order valence-corrected chi connectivity index (χ0v) is 11.8. The minimum Gasteiger partial charge on any atom is -0.314 e. The van der Waals surface area contributed by atoms with Crippen molar-refractivity contribution in [3.05, 3.63) is 48.5 Å². The lowest BCUT2D eigenvalue weighted by molar-refractivity contribution is 0.179. The fourth-order valence-electron chi connectivity index (χ4n) is 2.57. The van der Waals surface area contributed by atoms with Crippen LogP contribution < -0.4 is 5.32 Å². The molecule has 0 saturated carbocycles. The fraction of sp³-hybridized carbons (Fsp3) is 0.375.